The fourth-order valence-electron chi connectivity index (χ4n) is 1.14. The third-order valence-electron chi connectivity index (χ3n) is 1.92. The first kappa shape index (κ1) is 12.7. The quantitative estimate of drug-likeness (QED) is 0.785. The predicted molar refractivity (Wildman–Crippen MR) is 54.9 cm³/mol. The van der Waals surface area contributed by atoms with E-state index in [4.69, 9.17) is 9.84 Å². The maximum atomic E-state index is 13.5. The van der Waals surface area contributed by atoms with E-state index in [2.05, 4.69) is 15.9 Å². The Morgan fingerprint density at radius 3 is 2.62 bits per heavy atom. The minimum Gasteiger partial charge on any atom is -0.504 e. The topological polar surface area (TPSA) is 87.0 Å². The fourth-order valence-corrected chi connectivity index (χ4v) is 1.56. The van der Waals surface area contributed by atoms with Gasteiger partial charge in [0.1, 0.15) is 5.82 Å². The number of rotatable bonds is 3. The maximum Gasteiger partial charge on any atom is 0.337 e. The normalized spacial score (nSPS) is 12.2. The monoisotopic (exact) mass is 294 g/mol. The zero-order valence-electron chi connectivity index (χ0n) is 8.07. The molecule has 0 aliphatic carbocycles. The second kappa shape index (κ2) is 4.67. The van der Waals surface area contributed by atoms with Crippen LogP contribution in [0.15, 0.2) is 10.5 Å². The third-order valence-corrected chi connectivity index (χ3v) is 2.50. The van der Waals surface area contributed by atoms with Crippen molar-refractivity contribution in [1.82, 2.24) is 0 Å². The Hall–Kier alpha value is -1.34. The lowest BCUT2D eigenvalue weighted by atomic mass is 10.1. The van der Waals surface area contributed by atoms with Gasteiger partial charge in [0, 0.05) is 6.07 Å². The van der Waals surface area contributed by atoms with Gasteiger partial charge in [-0.2, -0.15) is 0 Å². The van der Waals surface area contributed by atoms with Crippen molar-refractivity contribution in [3.05, 3.63) is 21.9 Å². The molecule has 7 heteroatoms. The van der Waals surface area contributed by atoms with E-state index in [1.165, 1.54) is 7.11 Å². The van der Waals surface area contributed by atoms with Crippen LogP contribution in [0.5, 0.6) is 11.5 Å². The van der Waals surface area contributed by atoms with Gasteiger partial charge >= 0.3 is 5.97 Å². The summed E-state index contributed by atoms with van der Waals surface area (Å²) in [5, 5.41) is 27.3. The van der Waals surface area contributed by atoms with Crippen molar-refractivity contribution >= 4 is 21.9 Å². The number of carboxylic acid groups (broad SMARTS) is 1. The van der Waals surface area contributed by atoms with E-state index in [0.29, 0.717) is 0 Å². The van der Waals surface area contributed by atoms with Crippen molar-refractivity contribution in [2.45, 2.75) is 6.10 Å². The van der Waals surface area contributed by atoms with Crippen LogP contribution in [0.4, 0.5) is 4.39 Å². The number of benzene rings is 1. The molecule has 16 heavy (non-hydrogen) atoms. The summed E-state index contributed by atoms with van der Waals surface area (Å²) >= 11 is 2.82. The Morgan fingerprint density at radius 2 is 2.19 bits per heavy atom. The Morgan fingerprint density at radius 1 is 1.62 bits per heavy atom. The van der Waals surface area contributed by atoms with E-state index in [0.717, 1.165) is 6.07 Å². The van der Waals surface area contributed by atoms with Crippen molar-refractivity contribution in [1.29, 1.82) is 0 Å². The number of aliphatic carboxylic acids is 1. The number of aliphatic hydroxyl groups is 1. The van der Waals surface area contributed by atoms with Crippen LogP contribution in [0.25, 0.3) is 0 Å². The molecule has 0 saturated heterocycles. The molecule has 88 valence electrons. The van der Waals surface area contributed by atoms with E-state index in [9.17, 15) is 19.4 Å². The largest absolute Gasteiger partial charge is 0.504 e. The molecule has 0 aliphatic heterocycles. The molecule has 3 N–H and O–H groups in total. The lowest BCUT2D eigenvalue weighted by molar-refractivity contribution is -0.147. The number of ether oxygens (including phenoxy) is 1. The number of aromatic hydroxyl groups is 1. The second-order valence-corrected chi connectivity index (χ2v) is 3.73. The Labute approximate surface area is 98.2 Å². The Kier molecular flexibility index (Phi) is 3.71. The molecule has 1 aromatic rings. The van der Waals surface area contributed by atoms with Crippen LogP contribution in [0.3, 0.4) is 0 Å². The molecule has 0 bridgehead atoms. The van der Waals surface area contributed by atoms with Gasteiger partial charge < -0.3 is 20.1 Å². The first-order valence-electron chi connectivity index (χ1n) is 4.05. The summed E-state index contributed by atoms with van der Waals surface area (Å²) in [5.74, 6) is -3.59. The number of methoxy groups -OCH3 is 1. The number of halogens is 2. The Bertz CT molecular complexity index is 434. The second-order valence-electron chi connectivity index (χ2n) is 2.88. The standard InChI is InChI=1S/C9H8BrFO5/c1-16-4-2-3(10)6(11)5(7(4)12)8(13)9(14)15/h2,8,12-13H,1H3,(H,14,15). The van der Waals surface area contributed by atoms with Crippen LogP contribution >= 0.6 is 15.9 Å². The zero-order valence-corrected chi connectivity index (χ0v) is 9.65. The van der Waals surface area contributed by atoms with Crippen LogP contribution in [0.2, 0.25) is 0 Å². The first-order valence-corrected chi connectivity index (χ1v) is 4.85. The maximum absolute atomic E-state index is 13.5. The molecule has 0 radical (unpaired) electrons. The fraction of sp³-hybridized carbons (Fsp3) is 0.222. The number of hydrogen-bond acceptors (Lipinski definition) is 4. The molecule has 0 aliphatic rings. The van der Waals surface area contributed by atoms with E-state index < -0.39 is 29.2 Å². The summed E-state index contributed by atoms with van der Waals surface area (Å²) in [6.07, 6.45) is -2.16. The lowest BCUT2D eigenvalue weighted by Crippen LogP contribution is -2.13. The molecule has 1 unspecified atom stereocenters. The summed E-state index contributed by atoms with van der Waals surface area (Å²) in [6, 6.07) is 1.13. The van der Waals surface area contributed by atoms with Crippen LogP contribution in [0, 0.1) is 5.82 Å². The summed E-state index contributed by atoms with van der Waals surface area (Å²) in [4.78, 5) is 10.5. The molecule has 0 fully saturated rings. The molecule has 1 rings (SSSR count). The molecule has 0 spiro atoms. The van der Waals surface area contributed by atoms with Gasteiger partial charge in [-0.3, -0.25) is 0 Å². The van der Waals surface area contributed by atoms with Crippen LogP contribution in [0.1, 0.15) is 11.7 Å². The highest BCUT2D eigenvalue weighted by atomic mass is 79.9. The van der Waals surface area contributed by atoms with Crippen molar-refractivity contribution < 1.29 is 29.2 Å². The van der Waals surface area contributed by atoms with E-state index in [1.54, 1.807) is 0 Å². The number of aliphatic hydroxyl groups excluding tert-OH is 1. The third kappa shape index (κ3) is 2.10. The van der Waals surface area contributed by atoms with Gasteiger partial charge in [-0.1, -0.05) is 0 Å². The highest BCUT2D eigenvalue weighted by molar-refractivity contribution is 9.10. The molecule has 0 aromatic heterocycles. The van der Waals surface area contributed by atoms with Crippen molar-refractivity contribution in [2.75, 3.05) is 7.11 Å². The molecule has 5 nitrogen and oxygen atoms in total. The van der Waals surface area contributed by atoms with Gasteiger partial charge in [0.05, 0.1) is 17.1 Å². The van der Waals surface area contributed by atoms with Gasteiger partial charge in [-0.15, -0.1) is 0 Å². The van der Waals surface area contributed by atoms with Gasteiger partial charge in [-0.05, 0) is 15.9 Å². The number of carbonyl (C=O) groups is 1. The average molecular weight is 295 g/mol. The number of phenolic OH excluding ortho intramolecular Hbond substituents is 1. The summed E-state index contributed by atoms with van der Waals surface area (Å²) in [6.45, 7) is 0. The highest BCUT2D eigenvalue weighted by Gasteiger charge is 2.28. The molecule has 1 aromatic carbocycles. The highest BCUT2D eigenvalue weighted by Crippen LogP contribution is 2.39. The molecule has 0 saturated carbocycles. The SMILES string of the molecule is COc1cc(Br)c(F)c(C(O)C(=O)O)c1O. The predicted octanol–water partition coefficient (Wildman–Crippen LogP) is 1.42. The van der Waals surface area contributed by atoms with Crippen LogP contribution in [-0.2, 0) is 4.79 Å². The van der Waals surface area contributed by atoms with Crippen molar-refractivity contribution in [3.8, 4) is 11.5 Å². The van der Waals surface area contributed by atoms with Crippen LogP contribution < -0.4 is 4.74 Å². The van der Waals surface area contributed by atoms with Crippen LogP contribution in [-0.4, -0.2) is 28.4 Å². The zero-order chi connectivity index (χ0) is 12.5. The average Bonchev–Trinajstić information content (AvgIpc) is 2.23. The number of hydrogen-bond donors (Lipinski definition) is 3. The minimum absolute atomic E-state index is 0.113. The van der Waals surface area contributed by atoms with E-state index in [-0.39, 0.29) is 10.2 Å². The van der Waals surface area contributed by atoms with Gasteiger partial charge in [0.25, 0.3) is 0 Å². The molecular formula is C9H8BrFO5. The molecule has 0 heterocycles. The van der Waals surface area contributed by atoms with Crippen molar-refractivity contribution in [2.24, 2.45) is 0 Å². The van der Waals surface area contributed by atoms with Gasteiger partial charge in [0.15, 0.2) is 17.6 Å². The Balaban J connectivity index is 3.47. The first-order chi connectivity index (χ1) is 7.40. The number of phenols is 1. The number of carboxylic acids is 1. The van der Waals surface area contributed by atoms with Crippen molar-refractivity contribution in [3.63, 3.8) is 0 Å². The van der Waals surface area contributed by atoms with Gasteiger partial charge in [0.2, 0.25) is 0 Å². The van der Waals surface area contributed by atoms with Gasteiger partial charge in [-0.25, -0.2) is 9.18 Å². The molecular weight excluding hydrogens is 287 g/mol. The summed E-state index contributed by atoms with van der Waals surface area (Å²) in [7, 11) is 1.22. The molecule has 0 amide bonds. The molecule has 1 atom stereocenters. The minimum atomic E-state index is -2.16. The summed E-state index contributed by atoms with van der Waals surface area (Å²) in [5.41, 5.74) is -0.737. The van der Waals surface area contributed by atoms with E-state index in [1.807, 2.05) is 0 Å². The van der Waals surface area contributed by atoms with E-state index >= 15 is 0 Å². The summed E-state index contributed by atoms with van der Waals surface area (Å²) < 4.78 is 18.1. The smallest absolute Gasteiger partial charge is 0.337 e. The lowest BCUT2D eigenvalue weighted by Gasteiger charge is -2.13.